The lowest BCUT2D eigenvalue weighted by Crippen LogP contribution is -2.65. The molecule has 0 aliphatic carbocycles. The number of fused-ring (bicyclic) bond motifs is 1. The zero-order valence-electron chi connectivity index (χ0n) is 33.9. The van der Waals surface area contributed by atoms with Crippen molar-refractivity contribution in [2.24, 2.45) is 32.9 Å². The highest BCUT2D eigenvalue weighted by atomic mass is 16.7. The van der Waals surface area contributed by atoms with E-state index >= 15 is 0 Å². The van der Waals surface area contributed by atoms with Gasteiger partial charge in [0.15, 0.2) is 18.2 Å². The smallest absolute Gasteiger partial charge is 0.243 e. The minimum Gasteiger partial charge on any atom is -0.484 e. The van der Waals surface area contributed by atoms with Crippen LogP contribution in [0, 0.1) is 0 Å². The number of aliphatic imine (C=N–C) groups is 2. The Bertz CT molecular complexity index is 1860. The van der Waals surface area contributed by atoms with E-state index in [1.54, 1.807) is 48.5 Å². The second-order valence-corrected chi connectivity index (χ2v) is 14.9. The van der Waals surface area contributed by atoms with Crippen molar-refractivity contribution in [3.63, 3.8) is 0 Å². The molecular weight excluding hydrogens is 816 g/mol. The lowest BCUT2D eigenvalue weighted by atomic mass is 9.89. The van der Waals surface area contributed by atoms with Gasteiger partial charge in [-0.25, -0.2) is 0 Å². The number of benzene rings is 2. The molecule has 2 aromatic carbocycles. The largest absolute Gasteiger partial charge is 0.484 e. The summed E-state index contributed by atoms with van der Waals surface area (Å²) in [5.41, 5.74) is 23.3. The highest BCUT2D eigenvalue weighted by Gasteiger charge is 2.51. The fourth-order valence-electron chi connectivity index (χ4n) is 7.10. The SMILES string of the molecule is NC(N)=NCCCCNC(=O)/C=C/c1ccc2c(c1)[C@@H](C(=O)NCCCCN=C(N)N)[C@@H](c1ccc(O[C@@H]3O[C@H](CO)[C@@H](O[C@H]4O[C@H](CO)[C@@H](O)[C@H](O)[C@H]4O)[C@H](O)[C@H]3O)cc1)O2. The van der Waals surface area contributed by atoms with E-state index in [0.717, 1.165) is 0 Å². The van der Waals surface area contributed by atoms with Gasteiger partial charge in [-0.05, 0) is 67.2 Å². The number of nitrogens with zero attached hydrogens (tertiary/aromatic N) is 2. The van der Waals surface area contributed by atoms with Crippen LogP contribution in [-0.4, -0.2) is 160 Å². The number of guanidine groups is 2. The van der Waals surface area contributed by atoms with Gasteiger partial charge in [-0.3, -0.25) is 19.6 Å². The van der Waals surface area contributed by atoms with Gasteiger partial charge in [-0.1, -0.05) is 18.2 Å². The third-order valence-corrected chi connectivity index (χ3v) is 10.4. The molecule has 3 aliphatic heterocycles. The van der Waals surface area contributed by atoms with Crippen molar-refractivity contribution in [1.82, 2.24) is 10.6 Å². The van der Waals surface area contributed by atoms with Crippen LogP contribution in [0.25, 0.3) is 6.08 Å². The number of amides is 2. The summed E-state index contributed by atoms with van der Waals surface area (Å²) in [4.78, 5) is 34.3. The zero-order chi connectivity index (χ0) is 44.9. The molecule has 342 valence electrons. The Hall–Kier alpha value is -5.14. The van der Waals surface area contributed by atoms with Crippen LogP contribution in [0.15, 0.2) is 58.5 Å². The molecule has 2 amide bonds. The number of carbonyl (C=O) groups excluding carboxylic acids is 2. The summed E-state index contributed by atoms with van der Waals surface area (Å²) >= 11 is 0. The molecule has 3 heterocycles. The number of carbonyl (C=O) groups is 2. The number of hydrogen-bond donors (Lipinski definition) is 13. The molecule has 2 saturated heterocycles. The van der Waals surface area contributed by atoms with Crippen LogP contribution in [0.4, 0.5) is 0 Å². The Balaban J connectivity index is 1.26. The summed E-state index contributed by atoms with van der Waals surface area (Å²) in [6, 6.07) is 11.7. The third-order valence-electron chi connectivity index (χ3n) is 10.4. The molecular formula is C40H58N8O14. The van der Waals surface area contributed by atoms with Gasteiger partial charge in [0.25, 0.3) is 0 Å². The second kappa shape index (κ2) is 22.8. The van der Waals surface area contributed by atoms with Gasteiger partial charge in [0.05, 0.1) is 13.2 Å². The second-order valence-electron chi connectivity index (χ2n) is 14.9. The van der Waals surface area contributed by atoms with Crippen molar-refractivity contribution in [1.29, 1.82) is 0 Å². The van der Waals surface area contributed by atoms with Crippen LogP contribution < -0.4 is 43.0 Å². The molecule has 12 atom stereocenters. The molecule has 0 radical (unpaired) electrons. The highest BCUT2D eigenvalue weighted by Crippen LogP contribution is 2.47. The molecule has 17 N–H and O–H groups in total. The van der Waals surface area contributed by atoms with Crippen LogP contribution >= 0.6 is 0 Å². The number of unbranched alkanes of at least 4 members (excludes halogenated alkanes) is 2. The first-order chi connectivity index (χ1) is 29.7. The van der Waals surface area contributed by atoms with E-state index in [9.17, 15) is 45.3 Å². The Morgan fingerprint density at radius 1 is 0.726 bits per heavy atom. The molecule has 62 heavy (non-hydrogen) atoms. The van der Waals surface area contributed by atoms with Gasteiger partial charge in [0.1, 0.15) is 72.4 Å². The Morgan fingerprint density at radius 3 is 1.97 bits per heavy atom. The molecule has 0 spiro atoms. The van der Waals surface area contributed by atoms with E-state index in [4.69, 9.17) is 46.6 Å². The van der Waals surface area contributed by atoms with E-state index in [2.05, 4.69) is 20.6 Å². The van der Waals surface area contributed by atoms with Crippen LogP contribution in [0.5, 0.6) is 11.5 Å². The monoisotopic (exact) mass is 874 g/mol. The Kier molecular flexibility index (Phi) is 17.6. The maximum Gasteiger partial charge on any atom is 0.243 e. The van der Waals surface area contributed by atoms with Crippen molar-refractivity contribution >= 4 is 29.8 Å². The maximum atomic E-state index is 13.9. The normalized spacial score (nSPS) is 29.3. The van der Waals surface area contributed by atoms with E-state index < -0.39 is 86.6 Å². The first-order valence-corrected chi connectivity index (χ1v) is 20.2. The number of rotatable bonds is 20. The number of aliphatic hydroxyl groups is 7. The Labute approximate surface area is 357 Å². The first-order valence-electron chi connectivity index (χ1n) is 20.2. The summed E-state index contributed by atoms with van der Waals surface area (Å²) in [6.45, 7) is 0.185. The molecule has 22 nitrogen and oxygen atoms in total. The molecule has 22 heteroatoms. The lowest BCUT2D eigenvalue weighted by Gasteiger charge is -2.45. The van der Waals surface area contributed by atoms with Gasteiger partial charge >= 0.3 is 0 Å². The highest BCUT2D eigenvalue weighted by molar-refractivity contribution is 5.92. The number of hydrogen-bond acceptors (Lipinski definition) is 16. The van der Waals surface area contributed by atoms with E-state index in [0.29, 0.717) is 74.3 Å². The summed E-state index contributed by atoms with van der Waals surface area (Å²) in [5, 5.41) is 78.1. The fourth-order valence-corrected chi connectivity index (χ4v) is 7.10. The van der Waals surface area contributed by atoms with Crippen LogP contribution in [0.1, 0.15) is 54.4 Å². The van der Waals surface area contributed by atoms with Gasteiger partial charge in [-0.2, -0.15) is 0 Å². The average molecular weight is 875 g/mol. The summed E-state index contributed by atoms with van der Waals surface area (Å²) in [5.74, 6) is -0.779. The van der Waals surface area contributed by atoms with E-state index in [1.165, 1.54) is 6.08 Å². The zero-order valence-corrected chi connectivity index (χ0v) is 33.9. The van der Waals surface area contributed by atoms with Crippen LogP contribution in [-0.2, 0) is 23.8 Å². The lowest BCUT2D eigenvalue weighted by molar-refractivity contribution is -0.352. The van der Waals surface area contributed by atoms with E-state index in [-0.39, 0.29) is 29.5 Å². The predicted molar refractivity (Wildman–Crippen MR) is 221 cm³/mol. The van der Waals surface area contributed by atoms with Crippen molar-refractivity contribution in [3.8, 4) is 11.5 Å². The number of ether oxygens (including phenoxy) is 5. The predicted octanol–water partition coefficient (Wildman–Crippen LogP) is -3.74. The molecule has 0 saturated carbocycles. The summed E-state index contributed by atoms with van der Waals surface area (Å²) in [7, 11) is 0. The van der Waals surface area contributed by atoms with Crippen molar-refractivity contribution < 1.29 is 69.0 Å². The van der Waals surface area contributed by atoms with Crippen LogP contribution in [0.3, 0.4) is 0 Å². The quantitative estimate of drug-likeness (QED) is 0.0263. The first kappa shape index (κ1) is 47.9. The number of nitrogens with two attached hydrogens (primary N) is 4. The molecule has 0 bridgehead atoms. The van der Waals surface area contributed by atoms with Gasteiger partial charge in [0, 0.05) is 37.8 Å². The van der Waals surface area contributed by atoms with E-state index in [1.807, 2.05) is 0 Å². The van der Waals surface area contributed by atoms with Crippen molar-refractivity contribution in [3.05, 3.63) is 65.2 Å². The maximum absolute atomic E-state index is 13.9. The molecule has 2 fully saturated rings. The molecule has 5 rings (SSSR count). The Morgan fingerprint density at radius 2 is 1.34 bits per heavy atom. The average Bonchev–Trinajstić information content (AvgIpc) is 3.64. The topological polar surface area (TPSA) is 375 Å². The van der Waals surface area contributed by atoms with Crippen molar-refractivity contribution in [2.75, 3.05) is 39.4 Å². The molecule has 0 unspecified atom stereocenters. The summed E-state index contributed by atoms with van der Waals surface area (Å²) < 4.78 is 29.0. The summed E-state index contributed by atoms with van der Waals surface area (Å²) in [6.07, 6.45) is -11.2. The minimum atomic E-state index is -1.81. The molecule has 0 aromatic heterocycles. The molecule has 2 aromatic rings. The fraction of sp³-hybridized carbons (Fsp3) is 0.550. The van der Waals surface area contributed by atoms with Crippen molar-refractivity contribution in [2.45, 2.75) is 99.1 Å². The number of aliphatic hydroxyl groups excluding tert-OH is 7. The molecule has 3 aliphatic rings. The standard InChI is InChI=1S/C40H58N8O14/c41-39(42)47-15-3-1-13-45-27(51)12-6-20-5-11-24-23(17-20)28(36(57)46-14-2-4-16-48-40(43)44)34(59-24)21-7-9-22(10-8-21)58-37-33(56)31(54)35(26(19-50)61-37)62-38-32(55)30(53)29(52)25(18-49)60-38/h5-12,17,25-26,28-35,37-38,49-50,52-56H,1-4,13-16,18-19H2,(H,45,51)(H,46,57)(H4,41,42,47)(H4,43,44,48)/b12-6+/t25-,26-,28-,29-,30+,31-,32-,33-,34-,35-,37-,38-/m1/s1. The van der Waals surface area contributed by atoms with Gasteiger partial charge < -0.3 is 93.0 Å². The minimum absolute atomic E-state index is 0.0159. The third kappa shape index (κ3) is 12.5. The van der Waals surface area contributed by atoms with Gasteiger partial charge in [-0.15, -0.1) is 0 Å². The van der Waals surface area contributed by atoms with Gasteiger partial charge in [0.2, 0.25) is 18.1 Å². The number of nitrogens with one attached hydrogen (secondary N) is 2. The van der Waals surface area contributed by atoms with Crippen LogP contribution in [0.2, 0.25) is 0 Å².